The van der Waals surface area contributed by atoms with Gasteiger partial charge in [-0.3, -0.25) is 0 Å². The molecule has 130 valence electrons. The quantitative estimate of drug-likeness (QED) is 0.852. The lowest BCUT2D eigenvalue weighted by molar-refractivity contribution is 0.148. The highest BCUT2D eigenvalue weighted by atomic mass is 32.2. The average molecular weight is 343 g/mol. The van der Waals surface area contributed by atoms with Gasteiger partial charge in [-0.05, 0) is 45.2 Å². The van der Waals surface area contributed by atoms with Gasteiger partial charge >= 0.3 is 6.03 Å². The molecule has 2 heterocycles. The van der Waals surface area contributed by atoms with E-state index < -0.39 is 10.0 Å². The zero-order chi connectivity index (χ0) is 17.0. The van der Waals surface area contributed by atoms with Gasteiger partial charge in [0.25, 0.3) is 0 Å². The van der Waals surface area contributed by atoms with E-state index in [0.717, 1.165) is 31.3 Å². The van der Waals surface area contributed by atoms with Crippen molar-refractivity contribution in [3.8, 4) is 0 Å². The van der Waals surface area contributed by atoms with Gasteiger partial charge in [0.1, 0.15) is 11.5 Å². The summed E-state index contributed by atoms with van der Waals surface area (Å²) < 4.78 is 30.6. The number of urea groups is 1. The predicted octanol–water partition coefficient (Wildman–Crippen LogP) is 1.76. The first-order chi connectivity index (χ1) is 10.8. The van der Waals surface area contributed by atoms with Crippen molar-refractivity contribution in [3.63, 3.8) is 0 Å². The summed E-state index contributed by atoms with van der Waals surface area (Å²) in [6.07, 6.45) is 3.84. The fourth-order valence-electron chi connectivity index (χ4n) is 2.75. The summed E-state index contributed by atoms with van der Waals surface area (Å²) in [5.41, 5.74) is 0. The first-order valence-corrected chi connectivity index (χ1v) is 9.73. The minimum atomic E-state index is -3.26. The highest BCUT2D eigenvalue weighted by Gasteiger charge is 2.28. The molecule has 1 aromatic heterocycles. The van der Waals surface area contributed by atoms with Crippen molar-refractivity contribution in [2.75, 3.05) is 19.3 Å². The molecule has 0 aromatic carbocycles. The first-order valence-electron chi connectivity index (χ1n) is 7.84. The molecule has 7 nitrogen and oxygen atoms in total. The Labute approximate surface area is 137 Å². The van der Waals surface area contributed by atoms with E-state index in [1.165, 1.54) is 0 Å². The highest BCUT2D eigenvalue weighted by Crippen LogP contribution is 2.19. The summed E-state index contributed by atoms with van der Waals surface area (Å²) in [6.45, 7) is 4.60. The number of piperidine rings is 1. The molecule has 2 N–H and O–H groups in total. The number of nitrogens with one attached hydrogen (secondary N) is 2. The Hall–Kier alpha value is -1.54. The number of carbonyl (C=O) groups excluding carboxylic acids is 1. The number of hydrogen-bond acceptors (Lipinski definition) is 4. The molecule has 0 spiro atoms. The van der Waals surface area contributed by atoms with Gasteiger partial charge in [-0.2, -0.15) is 0 Å². The maximum atomic E-state index is 12.5. The normalized spacial score (nSPS) is 20.3. The Balaban J connectivity index is 1.97. The fraction of sp³-hybridized carbons (Fsp3) is 0.667. The summed E-state index contributed by atoms with van der Waals surface area (Å²) in [5, 5.41) is 2.92. The number of rotatable bonds is 5. The number of nitrogens with zero attached hydrogens (tertiary/aromatic N) is 1. The molecule has 1 aliphatic rings. The van der Waals surface area contributed by atoms with Gasteiger partial charge in [0.2, 0.25) is 10.0 Å². The van der Waals surface area contributed by atoms with Crippen LogP contribution >= 0.6 is 0 Å². The lowest BCUT2D eigenvalue weighted by atomic mass is 10.0. The van der Waals surface area contributed by atoms with E-state index in [0.29, 0.717) is 12.3 Å². The SMILES string of the molecule is Cc1ccc([C@H](C)NC(=O)N2CCCC[C@H]2CNS(C)(=O)=O)o1. The Kier molecular flexibility index (Phi) is 5.69. The number of likely N-dealkylation sites (tertiary alicyclic amines) is 1. The maximum absolute atomic E-state index is 12.5. The third-order valence-electron chi connectivity index (χ3n) is 4.00. The van der Waals surface area contributed by atoms with Gasteiger partial charge in [0, 0.05) is 19.1 Å². The summed E-state index contributed by atoms with van der Waals surface area (Å²) in [4.78, 5) is 14.2. The van der Waals surface area contributed by atoms with E-state index in [1.54, 1.807) is 4.90 Å². The van der Waals surface area contributed by atoms with Gasteiger partial charge in [-0.25, -0.2) is 17.9 Å². The number of hydrogen-bond donors (Lipinski definition) is 2. The van der Waals surface area contributed by atoms with Crippen LogP contribution in [0.1, 0.15) is 43.7 Å². The van der Waals surface area contributed by atoms with Crippen LogP contribution in [0.5, 0.6) is 0 Å². The van der Waals surface area contributed by atoms with Crippen LogP contribution in [0.2, 0.25) is 0 Å². The number of furan rings is 1. The Morgan fingerprint density at radius 3 is 2.78 bits per heavy atom. The van der Waals surface area contributed by atoms with Gasteiger partial charge < -0.3 is 14.6 Å². The molecule has 0 unspecified atom stereocenters. The summed E-state index contributed by atoms with van der Waals surface area (Å²) >= 11 is 0. The van der Waals surface area contributed by atoms with Crippen LogP contribution in [-0.2, 0) is 10.0 Å². The van der Waals surface area contributed by atoms with Crippen molar-refractivity contribution in [1.29, 1.82) is 0 Å². The maximum Gasteiger partial charge on any atom is 0.318 e. The van der Waals surface area contributed by atoms with Crippen molar-refractivity contribution < 1.29 is 17.6 Å². The molecule has 2 atom stereocenters. The Morgan fingerprint density at radius 1 is 1.43 bits per heavy atom. The minimum Gasteiger partial charge on any atom is -0.464 e. The van der Waals surface area contributed by atoms with Crippen molar-refractivity contribution in [2.45, 2.75) is 45.2 Å². The van der Waals surface area contributed by atoms with Crippen LogP contribution in [0.15, 0.2) is 16.5 Å². The van der Waals surface area contributed by atoms with Crippen LogP contribution < -0.4 is 10.0 Å². The van der Waals surface area contributed by atoms with Gasteiger partial charge in [-0.15, -0.1) is 0 Å². The summed E-state index contributed by atoms with van der Waals surface area (Å²) in [5.74, 6) is 1.51. The zero-order valence-corrected chi connectivity index (χ0v) is 14.6. The minimum absolute atomic E-state index is 0.121. The average Bonchev–Trinajstić information content (AvgIpc) is 2.91. The molecule has 2 rings (SSSR count). The molecule has 1 aromatic rings. The van der Waals surface area contributed by atoms with Crippen molar-refractivity contribution in [1.82, 2.24) is 14.9 Å². The molecular formula is C15H25N3O4S. The van der Waals surface area contributed by atoms with Crippen molar-refractivity contribution >= 4 is 16.1 Å². The predicted molar refractivity (Wildman–Crippen MR) is 87.6 cm³/mol. The summed E-state index contributed by atoms with van der Waals surface area (Å²) in [6, 6.07) is 3.16. The molecule has 1 fully saturated rings. The van der Waals surface area contributed by atoms with E-state index in [2.05, 4.69) is 10.0 Å². The van der Waals surface area contributed by atoms with E-state index in [9.17, 15) is 13.2 Å². The van der Waals surface area contributed by atoms with Crippen molar-refractivity contribution in [2.24, 2.45) is 0 Å². The van der Waals surface area contributed by atoms with E-state index in [4.69, 9.17) is 4.42 Å². The van der Waals surface area contributed by atoms with Gasteiger partial charge in [-0.1, -0.05) is 0 Å². The smallest absolute Gasteiger partial charge is 0.318 e. The third-order valence-corrected chi connectivity index (χ3v) is 4.69. The van der Waals surface area contributed by atoms with Crippen LogP contribution in [0.3, 0.4) is 0 Å². The zero-order valence-electron chi connectivity index (χ0n) is 13.8. The standard InChI is InChI=1S/C15H25N3O4S/c1-11-7-8-14(22-11)12(2)17-15(19)18-9-5-4-6-13(18)10-16-23(3,20)21/h7-8,12-13,16H,4-6,9-10H2,1-3H3,(H,17,19)/t12-,13-/m0/s1. The highest BCUT2D eigenvalue weighted by molar-refractivity contribution is 7.88. The molecule has 1 aliphatic heterocycles. The molecular weight excluding hydrogens is 318 g/mol. The van der Waals surface area contributed by atoms with E-state index in [-0.39, 0.29) is 24.7 Å². The molecule has 23 heavy (non-hydrogen) atoms. The largest absolute Gasteiger partial charge is 0.464 e. The van der Waals surface area contributed by atoms with Crippen LogP contribution in [0, 0.1) is 6.92 Å². The van der Waals surface area contributed by atoms with Crippen LogP contribution in [0.4, 0.5) is 4.79 Å². The van der Waals surface area contributed by atoms with Crippen LogP contribution in [0.25, 0.3) is 0 Å². The second kappa shape index (κ2) is 7.35. The fourth-order valence-corrected chi connectivity index (χ4v) is 3.25. The molecule has 0 bridgehead atoms. The Bertz CT molecular complexity index is 641. The lowest BCUT2D eigenvalue weighted by Crippen LogP contribution is -2.52. The van der Waals surface area contributed by atoms with Gasteiger partial charge in [0.15, 0.2) is 0 Å². The second-order valence-electron chi connectivity index (χ2n) is 6.08. The molecule has 0 aliphatic carbocycles. The van der Waals surface area contributed by atoms with Gasteiger partial charge in [0.05, 0.1) is 12.3 Å². The van der Waals surface area contributed by atoms with Crippen LogP contribution in [-0.4, -0.2) is 44.7 Å². The lowest BCUT2D eigenvalue weighted by Gasteiger charge is -2.36. The molecule has 8 heteroatoms. The van der Waals surface area contributed by atoms with E-state index in [1.807, 2.05) is 26.0 Å². The number of amides is 2. The molecule has 2 amide bonds. The number of sulfonamides is 1. The second-order valence-corrected chi connectivity index (χ2v) is 7.92. The Morgan fingerprint density at radius 2 is 2.17 bits per heavy atom. The molecule has 1 saturated heterocycles. The van der Waals surface area contributed by atoms with Crippen molar-refractivity contribution in [3.05, 3.63) is 23.7 Å². The topological polar surface area (TPSA) is 91.7 Å². The first kappa shape index (κ1) is 17.8. The summed E-state index contributed by atoms with van der Waals surface area (Å²) in [7, 11) is -3.26. The molecule has 0 radical (unpaired) electrons. The third kappa shape index (κ3) is 5.24. The number of aryl methyl sites for hydroxylation is 1. The van der Waals surface area contributed by atoms with E-state index >= 15 is 0 Å². The molecule has 0 saturated carbocycles. The number of carbonyl (C=O) groups is 1. The monoisotopic (exact) mass is 343 g/mol.